The van der Waals surface area contributed by atoms with Crippen molar-refractivity contribution in [2.45, 2.75) is 4.90 Å². The molecule has 0 aliphatic carbocycles. The van der Waals surface area contributed by atoms with Crippen LogP contribution in [0.4, 0.5) is 0 Å². The summed E-state index contributed by atoms with van der Waals surface area (Å²) in [5, 5.41) is 0. The van der Waals surface area contributed by atoms with E-state index in [4.69, 9.17) is 0 Å². The summed E-state index contributed by atoms with van der Waals surface area (Å²) >= 11 is 0. The van der Waals surface area contributed by atoms with E-state index in [0.29, 0.717) is 4.90 Å². The molecule has 1 unspecified atom stereocenters. The molecule has 1 N–H and O–H groups in total. The van der Waals surface area contributed by atoms with Crippen molar-refractivity contribution in [3.05, 3.63) is 24.4 Å². The van der Waals surface area contributed by atoms with E-state index < -0.39 is 11.0 Å². The molecule has 1 aromatic heterocycles. The van der Waals surface area contributed by atoms with E-state index in [1.54, 1.807) is 18.5 Å². The SMILES string of the molecule is O=S1NC=Cc2ncncc21. The lowest BCUT2D eigenvalue weighted by atomic mass is 10.4. The van der Waals surface area contributed by atoms with Crippen molar-refractivity contribution in [3.63, 3.8) is 0 Å². The van der Waals surface area contributed by atoms with Crippen LogP contribution in [0.2, 0.25) is 0 Å². The first kappa shape index (κ1) is 6.48. The van der Waals surface area contributed by atoms with Crippen LogP contribution in [0.3, 0.4) is 0 Å². The Balaban J connectivity index is 2.63. The van der Waals surface area contributed by atoms with Gasteiger partial charge in [0.25, 0.3) is 0 Å². The molecule has 0 bridgehead atoms. The highest BCUT2D eigenvalue weighted by Crippen LogP contribution is 2.12. The normalized spacial score (nSPS) is 20.5. The van der Waals surface area contributed by atoms with E-state index in [0.717, 1.165) is 5.69 Å². The smallest absolute Gasteiger partial charge is 0.153 e. The molecule has 2 heterocycles. The Morgan fingerprint density at radius 2 is 2.45 bits per heavy atom. The maximum Gasteiger partial charge on any atom is 0.153 e. The minimum Gasteiger partial charge on any atom is -0.308 e. The predicted octanol–water partition coefficient (Wildman–Crippen LogP) is 0.0731. The van der Waals surface area contributed by atoms with Gasteiger partial charge >= 0.3 is 0 Å². The number of hydrogen-bond acceptors (Lipinski definition) is 3. The Bertz CT molecular complexity index is 336. The molecule has 11 heavy (non-hydrogen) atoms. The second-order valence-corrected chi connectivity index (χ2v) is 3.21. The number of nitrogens with one attached hydrogen (secondary N) is 1. The Morgan fingerprint density at radius 1 is 1.55 bits per heavy atom. The molecule has 0 fully saturated rings. The number of hydrogen-bond donors (Lipinski definition) is 1. The summed E-state index contributed by atoms with van der Waals surface area (Å²) in [5.74, 6) is 0. The Morgan fingerprint density at radius 3 is 3.27 bits per heavy atom. The summed E-state index contributed by atoms with van der Waals surface area (Å²) in [5.41, 5.74) is 0.720. The van der Waals surface area contributed by atoms with Crippen LogP contribution in [0.25, 0.3) is 6.08 Å². The Hall–Kier alpha value is -1.23. The van der Waals surface area contributed by atoms with Gasteiger partial charge in [-0.3, -0.25) is 0 Å². The summed E-state index contributed by atoms with van der Waals surface area (Å²) in [6, 6.07) is 0. The van der Waals surface area contributed by atoms with E-state index in [1.807, 2.05) is 0 Å². The lowest BCUT2D eigenvalue weighted by Crippen LogP contribution is -2.15. The third kappa shape index (κ3) is 1.03. The molecule has 4 nitrogen and oxygen atoms in total. The highest BCUT2D eigenvalue weighted by molar-refractivity contribution is 7.83. The van der Waals surface area contributed by atoms with Crippen molar-refractivity contribution >= 4 is 17.1 Å². The first-order chi connectivity index (χ1) is 5.38. The van der Waals surface area contributed by atoms with Gasteiger partial charge in [-0.15, -0.1) is 0 Å². The number of fused-ring (bicyclic) bond motifs is 1. The highest BCUT2D eigenvalue weighted by atomic mass is 32.2. The molecule has 1 aromatic rings. The van der Waals surface area contributed by atoms with Crippen molar-refractivity contribution in [2.24, 2.45) is 0 Å². The lowest BCUT2D eigenvalue weighted by Gasteiger charge is -2.07. The minimum absolute atomic E-state index is 0.634. The fraction of sp³-hybridized carbons (Fsp3) is 0. The monoisotopic (exact) mass is 167 g/mol. The molecule has 2 rings (SSSR count). The molecule has 1 aliphatic heterocycles. The summed E-state index contributed by atoms with van der Waals surface area (Å²) in [7, 11) is -1.18. The lowest BCUT2D eigenvalue weighted by molar-refractivity contribution is 0.678. The van der Waals surface area contributed by atoms with Crippen molar-refractivity contribution in [1.82, 2.24) is 14.7 Å². The van der Waals surface area contributed by atoms with Gasteiger partial charge < -0.3 is 4.72 Å². The van der Waals surface area contributed by atoms with Crippen LogP contribution in [-0.2, 0) is 11.0 Å². The fourth-order valence-corrected chi connectivity index (χ4v) is 1.62. The fourth-order valence-electron chi connectivity index (χ4n) is 0.833. The molecule has 1 atom stereocenters. The van der Waals surface area contributed by atoms with E-state index in [9.17, 15) is 4.21 Å². The Kier molecular flexibility index (Phi) is 1.43. The number of nitrogens with zero attached hydrogens (tertiary/aromatic N) is 2. The zero-order chi connectivity index (χ0) is 7.68. The molecule has 0 aromatic carbocycles. The average Bonchev–Trinajstić information content (AvgIpc) is 2.06. The second kappa shape index (κ2) is 2.43. The molecule has 0 saturated heterocycles. The van der Waals surface area contributed by atoms with Gasteiger partial charge in [0.15, 0.2) is 11.0 Å². The topological polar surface area (TPSA) is 54.9 Å². The molecule has 1 aliphatic rings. The maximum atomic E-state index is 11.2. The van der Waals surface area contributed by atoms with Crippen LogP contribution < -0.4 is 4.72 Å². The maximum absolute atomic E-state index is 11.2. The van der Waals surface area contributed by atoms with Gasteiger partial charge in [0.1, 0.15) is 11.2 Å². The van der Waals surface area contributed by atoms with Gasteiger partial charge in [0.05, 0.1) is 5.69 Å². The summed E-state index contributed by atoms with van der Waals surface area (Å²) in [6.45, 7) is 0. The van der Waals surface area contributed by atoms with E-state index in [2.05, 4.69) is 14.7 Å². The molecular weight excluding hydrogens is 162 g/mol. The first-order valence-corrected chi connectivity index (χ1v) is 4.17. The standard InChI is InChI=1S/C6H5N3OS/c10-11-6-3-7-4-8-5(6)1-2-9-11/h1-4,9H. The van der Waals surface area contributed by atoms with Gasteiger partial charge in [-0.25, -0.2) is 14.2 Å². The van der Waals surface area contributed by atoms with E-state index >= 15 is 0 Å². The molecule has 56 valence electrons. The van der Waals surface area contributed by atoms with Gasteiger partial charge in [0.2, 0.25) is 0 Å². The quantitative estimate of drug-likeness (QED) is 0.595. The zero-order valence-electron chi connectivity index (χ0n) is 5.52. The number of rotatable bonds is 0. The zero-order valence-corrected chi connectivity index (χ0v) is 6.34. The summed E-state index contributed by atoms with van der Waals surface area (Å²) in [4.78, 5) is 8.34. The van der Waals surface area contributed by atoms with Crippen LogP contribution in [0.5, 0.6) is 0 Å². The van der Waals surface area contributed by atoms with Crippen molar-refractivity contribution < 1.29 is 4.21 Å². The van der Waals surface area contributed by atoms with Crippen molar-refractivity contribution in [3.8, 4) is 0 Å². The van der Waals surface area contributed by atoms with E-state index in [-0.39, 0.29) is 0 Å². The van der Waals surface area contributed by atoms with Crippen LogP contribution in [0, 0.1) is 0 Å². The summed E-state index contributed by atoms with van der Waals surface area (Å²) < 4.78 is 13.8. The van der Waals surface area contributed by atoms with Crippen molar-refractivity contribution in [1.29, 1.82) is 0 Å². The first-order valence-electron chi connectivity index (χ1n) is 3.02. The van der Waals surface area contributed by atoms with Gasteiger partial charge in [0, 0.05) is 12.4 Å². The molecular formula is C6H5N3OS. The average molecular weight is 167 g/mol. The highest BCUT2D eigenvalue weighted by Gasteiger charge is 2.11. The Labute approximate surface area is 66.0 Å². The molecule has 0 saturated carbocycles. The van der Waals surface area contributed by atoms with Crippen LogP contribution in [0.1, 0.15) is 5.69 Å². The molecule has 0 spiro atoms. The van der Waals surface area contributed by atoms with Crippen molar-refractivity contribution in [2.75, 3.05) is 0 Å². The predicted molar refractivity (Wildman–Crippen MR) is 40.6 cm³/mol. The van der Waals surface area contributed by atoms with Crippen LogP contribution >= 0.6 is 0 Å². The van der Waals surface area contributed by atoms with Gasteiger partial charge in [-0.2, -0.15) is 0 Å². The summed E-state index contributed by atoms with van der Waals surface area (Å²) in [6.07, 6.45) is 6.37. The minimum atomic E-state index is -1.18. The van der Waals surface area contributed by atoms with Crippen LogP contribution in [-0.4, -0.2) is 14.2 Å². The molecule has 0 amide bonds. The van der Waals surface area contributed by atoms with Gasteiger partial charge in [-0.05, 0) is 6.08 Å². The second-order valence-electron chi connectivity index (χ2n) is 1.99. The molecule has 0 radical (unpaired) electrons. The van der Waals surface area contributed by atoms with Crippen LogP contribution in [0.15, 0.2) is 23.6 Å². The van der Waals surface area contributed by atoms with E-state index in [1.165, 1.54) is 6.33 Å². The third-order valence-electron chi connectivity index (χ3n) is 1.32. The number of aromatic nitrogens is 2. The third-order valence-corrected chi connectivity index (χ3v) is 2.39. The largest absolute Gasteiger partial charge is 0.308 e. The van der Waals surface area contributed by atoms with Gasteiger partial charge in [-0.1, -0.05) is 0 Å². The molecule has 5 heteroatoms.